The van der Waals surface area contributed by atoms with Crippen LogP contribution in [0, 0.1) is 5.92 Å². The van der Waals surface area contributed by atoms with E-state index in [1.165, 1.54) is 43.5 Å². The normalized spacial score (nSPS) is 16.6. The zero-order chi connectivity index (χ0) is 11.4. The van der Waals surface area contributed by atoms with Crippen molar-refractivity contribution in [3.05, 3.63) is 29.8 Å². The zero-order valence-electron chi connectivity index (χ0n) is 9.95. The molecule has 1 nitrogen and oxygen atoms in total. The van der Waals surface area contributed by atoms with Gasteiger partial charge < -0.3 is 4.90 Å². The summed E-state index contributed by atoms with van der Waals surface area (Å²) in [4.78, 5) is 2.42. The topological polar surface area (TPSA) is 3.24 Å². The molecule has 88 valence electrons. The van der Waals surface area contributed by atoms with Gasteiger partial charge in [-0.1, -0.05) is 47.0 Å². The second-order valence-electron chi connectivity index (χ2n) is 4.79. The summed E-state index contributed by atoms with van der Waals surface area (Å²) in [6, 6.07) is 8.68. The van der Waals surface area contributed by atoms with Gasteiger partial charge in [-0.15, -0.1) is 0 Å². The smallest absolute Gasteiger partial charge is 0.0404 e. The molecule has 1 saturated carbocycles. The van der Waals surface area contributed by atoms with Crippen LogP contribution in [0.15, 0.2) is 24.3 Å². The first-order valence-corrected chi connectivity index (χ1v) is 7.28. The Morgan fingerprint density at radius 1 is 1.25 bits per heavy atom. The number of para-hydroxylation sites is 1. The van der Waals surface area contributed by atoms with Gasteiger partial charge in [0, 0.05) is 24.6 Å². The van der Waals surface area contributed by atoms with Gasteiger partial charge >= 0.3 is 0 Å². The Morgan fingerprint density at radius 3 is 2.62 bits per heavy atom. The first kappa shape index (κ1) is 12.0. The SMILES string of the molecule is CN(CC1CCCC1)c1ccccc1CBr. The van der Waals surface area contributed by atoms with Crippen molar-refractivity contribution in [3.63, 3.8) is 0 Å². The minimum absolute atomic E-state index is 0.911. The van der Waals surface area contributed by atoms with Crippen molar-refractivity contribution in [1.82, 2.24) is 0 Å². The second-order valence-corrected chi connectivity index (χ2v) is 5.35. The maximum absolute atomic E-state index is 3.56. The van der Waals surface area contributed by atoms with E-state index >= 15 is 0 Å². The zero-order valence-corrected chi connectivity index (χ0v) is 11.5. The van der Waals surface area contributed by atoms with Crippen LogP contribution < -0.4 is 4.90 Å². The molecule has 0 spiro atoms. The number of nitrogens with zero attached hydrogens (tertiary/aromatic N) is 1. The van der Waals surface area contributed by atoms with E-state index in [4.69, 9.17) is 0 Å². The Bertz CT molecular complexity index is 331. The van der Waals surface area contributed by atoms with E-state index in [1.54, 1.807) is 0 Å². The van der Waals surface area contributed by atoms with Crippen molar-refractivity contribution in [2.75, 3.05) is 18.5 Å². The summed E-state index contributed by atoms with van der Waals surface area (Å²) in [6.07, 6.45) is 5.69. The van der Waals surface area contributed by atoms with E-state index in [0.29, 0.717) is 0 Å². The van der Waals surface area contributed by atoms with Crippen molar-refractivity contribution in [2.45, 2.75) is 31.0 Å². The monoisotopic (exact) mass is 281 g/mol. The van der Waals surface area contributed by atoms with Crippen LogP contribution in [-0.2, 0) is 5.33 Å². The van der Waals surface area contributed by atoms with Crippen LogP contribution >= 0.6 is 15.9 Å². The molecule has 0 aromatic heterocycles. The van der Waals surface area contributed by atoms with Crippen LogP contribution in [0.25, 0.3) is 0 Å². The lowest BCUT2D eigenvalue weighted by Gasteiger charge is -2.25. The first-order chi connectivity index (χ1) is 7.81. The molecule has 1 fully saturated rings. The molecule has 0 unspecified atom stereocenters. The second kappa shape index (κ2) is 5.72. The third-order valence-corrected chi connectivity index (χ3v) is 4.16. The van der Waals surface area contributed by atoms with Gasteiger partial charge in [-0.3, -0.25) is 0 Å². The van der Waals surface area contributed by atoms with Crippen LogP contribution in [0.1, 0.15) is 31.2 Å². The lowest BCUT2D eigenvalue weighted by Crippen LogP contribution is -2.24. The Morgan fingerprint density at radius 2 is 1.94 bits per heavy atom. The molecule has 0 amide bonds. The number of halogens is 1. The van der Waals surface area contributed by atoms with E-state index in [9.17, 15) is 0 Å². The van der Waals surface area contributed by atoms with E-state index in [2.05, 4.69) is 52.1 Å². The summed E-state index contributed by atoms with van der Waals surface area (Å²) < 4.78 is 0. The van der Waals surface area contributed by atoms with Crippen LogP contribution in [0.2, 0.25) is 0 Å². The number of hydrogen-bond donors (Lipinski definition) is 0. The highest BCUT2D eigenvalue weighted by molar-refractivity contribution is 9.08. The van der Waals surface area contributed by atoms with Gasteiger partial charge in [0.15, 0.2) is 0 Å². The average molecular weight is 282 g/mol. The number of anilines is 1. The van der Waals surface area contributed by atoms with E-state index in [1.807, 2.05) is 0 Å². The van der Waals surface area contributed by atoms with Gasteiger partial charge in [-0.25, -0.2) is 0 Å². The Kier molecular flexibility index (Phi) is 4.28. The summed E-state index contributed by atoms with van der Waals surface area (Å²) >= 11 is 3.56. The molecule has 16 heavy (non-hydrogen) atoms. The lowest BCUT2D eigenvalue weighted by molar-refractivity contribution is 0.546. The Balaban J connectivity index is 2.04. The molecule has 0 bridgehead atoms. The van der Waals surface area contributed by atoms with E-state index in [0.717, 1.165) is 11.2 Å². The highest BCUT2D eigenvalue weighted by Crippen LogP contribution is 2.28. The minimum Gasteiger partial charge on any atom is -0.374 e. The molecule has 0 N–H and O–H groups in total. The first-order valence-electron chi connectivity index (χ1n) is 6.16. The van der Waals surface area contributed by atoms with Crippen LogP contribution in [0.5, 0.6) is 0 Å². The molecule has 0 atom stereocenters. The number of hydrogen-bond acceptors (Lipinski definition) is 1. The summed E-state index contributed by atoms with van der Waals surface area (Å²) in [5.74, 6) is 0.911. The summed E-state index contributed by atoms with van der Waals surface area (Å²) in [6.45, 7) is 1.21. The summed E-state index contributed by atoms with van der Waals surface area (Å²) in [5, 5.41) is 0.943. The average Bonchev–Trinajstić information content (AvgIpc) is 2.81. The van der Waals surface area contributed by atoms with Gasteiger partial charge in [0.25, 0.3) is 0 Å². The Hall–Kier alpha value is -0.500. The van der Waals surface area contributed by atoms with Crippen LogP contribution in [-0.4, -0.2) is 13.6 Å². The Labute approximate surface area is 107 Å². The number of benzene rings is 1. The van der Waals surface area contributed by atoms with Gasteiger partial charge in [-0.2, -0.15) is 0 Å². The largest absolute Gasteiger partial charge is 0.374 e. The molecule has 0 heterocycles. The predicted molar refractivity (Wildman–Crippen MR) is 74.3 cm³/mol. The van der Waals surface area contributed by atoms with Crippen molar-refractivity contribution in [3.8, 4) is 0 Å². The molecule has 2 rings (SSSR count). The molecule has 1 aromatic rings. The third kappa shape index (κ3) is 2.79. The molecular formula is C14H20BrN. The highest BCUT2D eigenvalue weighted by atomic mass is 79.9. The minimum atomic E-state index is 0.911. The fourth-order valence-corrected chi connectivity index (χ4v) is 3.15. The molecule has 2 heteroatoms. The quantitative estimate of drug-likeness (QED) is 0.748. The standard InChI is InChI=1S/C14H20BrN/c1-16(11-12-6-2-3-7-12)14-9-5-4-8-13(14)10-15/h4-5,8-9,12H,2-3,6-7,10-11H2,1H3. The molecular weight excluding hydrogens is 262 g/mol. The van der Waals surface area contributed by atoms with Crippen molar-refractivity contribution < 1.29 is 0 Å². The molecule has 0 saturated heterocycles. The number of alkyl halides is 1. The fourth-order valence-electron chi connectivity index (χ4n) is 2.67. The van der Waals surface area contributed by atoms with Gasteiger partial charge in [-0.05, 0) is 30.4 Å². The summed E-state index contributed by atoms with van der Waals surface area (Å²) in [7, 11) is 2.22. The molecule has 1 aliphatic rings. The summed E-state index contributed by atoms with van der Waals surface area (Å²) in [5.41, 5.74) is 2.77. The molecule has 1 aliphatic carbocycles. The van der Waals surface area contributed by atoms with Crippen LogP contribution in [0.4, 0.5) is 5.69 Å². The maximum Gasteiger partial charge on any atom is 0.0404 e. The lowest BCUT2D eigenvalue weighted by atomic mass is 10.1. The highest BCUT2D eigenvalue weighted by Gasteiger charge is 2.17. The van der Waals surface area contributed by atoms with Crippen molar-refractivity contribution in [1.29, 1.82) is 0 Å². The maximum atomic E-state index is 3.56. The molecule has 0 radical (unpaired) electrons. The molecule has 0 aliphatic heterocycles. The third-order valence-electron chi connectivity index (χ3n) is 3.55. The number of rotatable bonds is 4. The van der Waals surface area contributed by atoms with Crippen LogP contribution in [0.3, 0.4) is 0 Å². The van der Waals surface area contributed by atoms with Gasteiger partial charge in [0.05, 0.1) is 0 Å². The van der Waals surface area contributed by atoms with Crippen molar-refractivity contribution >= 4 is 21.6 Å². The van der Waals surface area contributed by atoms with Gasteiger partial charge in [0.2, 0.25) is 0 Å². The van der Waals surface area contributed by atoms with Gasteiger partial charge in [0.1, 0.15) is 0 Å². The molecule has 1 aromatic carbocycles. The predicted octanol–water partition coefficient (Wildman–Crippen LogP) is 4.21. The fraction of sp³-hybridized carbons (Fsp3) is 0.571. The van der Waals surface area contributed by atoms with Crippen molar-refractivity contribution in [2.24, 2.45) is 5.92 Å². The van der Waals surface area contributed by atoms with E-state index < -0.39 is 0 Å². The van der Waals surface area contributed by atoms with E-state index in [-0.39, 0.29) is 0 Å².